The number of H-pyrrole nitrogens is 1. The summed E-state index contributed by atoms with van der Waals surface area (Å²) in [7, 11) is 0. The number of nitrogens with one attached hydrogen (secondary N) is 2. The molecule has 7 nitrogen and oxygen atoms in total. The van der Waals surface area contributed by atoms with Crippen LogP contribution in [0.15, 0.2) is 24.5 Å². The fourth-order valence-corrected chi connectivity index (χ4v) is 2.03. The zero-order chi connectivity index (χ0) is 13.4. The fourth-order valence-electron chi connectivity index (χ4n) is 2.03. The molecule has 1 aliphatic heterocycles. The Bertz CT molecular complexity index is 675. The van der Waals surface area contributed by atoms with Crippen LogP contribution in [0.5, 0.6) is 0 Å². The van der Waals surface area contributed by atoms with Crippen molar-refractivity contribution < 1.29 is 14.4 Å². The van der Waals surface area contributed by atoms with Gasteiger partial charge in [-0.05, 0) is 18.2 Å². The van der Waals surface area contributed by atoms with Crippen molar-refractivity contribution in [3.05, 3.63) is 30.1 Å². The van der Waals surface area contributed by atoms with Crippen molar-refractivity contribution in [1.29, 1.82) is 0 Å². The van der Waals surface area contributed by atoms with Crippen LogP contribution in [0, 0.1) is 0 Å². The summed E-state index contributed by atoms with van der Waals surface area (Å²) in [6.45, 7) is -0.211. The molecule has 0 aliphatic carbocycles. The zero-order valence-corrected chi connectivity index (χ0v) is 9.84. The third kappa shape index (κ3) is 2.05. The predicted octanol–water partition coefficient (Wildman–Crippen LogP) is -0.338. The van der Waals surface area contributed by atoms with E-state index in [1.54, 1.807) is 18.2 Å². The number of nitrogens with zero attached hydrogens (tertiary/aromatic N) is 2. The van der Waals surface area contributed by atoms with E-state index in [0.717, 1.165) is 11.0 Å². The molecule has 0 atom stereocenters. The quantitative estimate of drug-likeness (QED) is 0.684. The summed E-state index contributed by atoms with van der Waals surface area (Å²) in [5, 5.41) is 2.15. The number of imide groups is 1. The molecule has 1 aliphatic rings. The van der Waals surface area contributed by atoms with Gasteiger partial charge in [-0.15, -0.1) is 0 Å². The van der Waals surface area contributed by atoms with Gasteiger partial charge in [0.1, 0.15) is 13.1 Å². The number of carbonyl (C=O) groups excluding carboxylic acids is 3. The van der Waals surface area contributed by atoms with E-state index in [1.165, 1.54) is 11.2 Å². The number of hydrogen-bond acceptors (Lipinski definition) is 4. The van der Waals surface area contributed by atoms with Crippen LogP contribution >= 0.6 is 0 Å². The molecule has 96 valence electrons. The number of aromatic nitrogens is 2. The van der Waals surface area contributed by atoms with Crippen LogP contribution < -0.4 is 5.32 Å². The minimum Gasteiger partial charge on any atom is -0.345 e. The lowest BCUT2D eigenvalue weighted by atomic mass is 10.1. The van der Waals surface area contributed by atoms with Crippen molar-refractivity contribution in [2.24, 2.45) is 0 Å². The Balaban J connectivity index is 1.90. The molecular formula is C12H10N4O3. The van der Waals surface area contributed by atoms with Gasteiger partial charge in [0.25, 0.3) is 5.91 Å². The molecule has 1 fully saturated rings. The fraction of sp³-hybridized carbons (Fsp3) is 0.167. The number of rotatable bonds is 1. The molecule has 0 radical (unpaired) electrons. The minimum atomic E-state index is -0.466. The van der Waals surface area contributed by atoms with E-state index < -0.39 is 11.8 Å². The van der Waals surface area contributed by atoms with Crippen LogP contribution in [0.25, 0.3) is 11.0 Å². The number of hydrogen-bond donors (Lipinski definition) is 2. The molecule has 0 bridgehead atoms. The number of carbonyl (C=O) groups is 3. The van der Waals surface area contributed by atoms with Gasteiger partial charge in [-0.3, -0.25) is 19.7 Å². The third-order valence-corrected chi connectivity index (χ3v) is 2.90. The zero-order valence-electron chi connectivity index (χ0n) is 9.84. The Morgan fingerprint density at radius 1 is 1.21 bits per heavy atom. The van der Waals surface area contributed by atoms with Crippen molar-refractivity contribution in [2.45, 2.75) is 0 Å². The molecule has 0 spiro atoms. The molecule has 1 aromatic heterocycles. The molecule has 3 amide bonds. The first kappa shape index (κ1) is 11.4. The number of benzene rings is 1. The van der Waals surface area contributed by atoms with Crippen LogP contribution in [0.3, 0.4) is 0 Å². The summed E-state index contributed by atoms with van der Waals surface area (Å²) < 4.78 is 0. The Labute approximate surface area is 107 Å². The van der Waals surface area contributed by atoms with Crippen LogP contribution in [0.2, 0.25) is 0 Å². The number of aromatic amines is 1. The van der Waals surface area contributed by atoms with Gasteiger partial charge in [0.2, 0.25) is 11.8 Å². The summed E-state index contributed by atoms with van der Waals surface area (Å²) in [6, 6.07) is 5.00. The molecule has 1 aromatic carbocycles. The maximum absolute atomic E-state index is 12.2. The highest BCUT2D eigenvalue weighted by Gasteiger charge is 2.27. The lowest BCUT2D eigenvalue weighted by Gasteiger charge is -2.25. The molecular weight excluding hydrogens is 248 g/mol. The van der Waals surface area contributed by atoms with E-state index in [-0.39, 0.29) is 19.0 Å². The molecule has 1 saturated heterocycles. The van der Waals surface area contributed by atoms with Crippen LogP contribution in [-0.4, -0.2) is 45.7 Å². The predicted molar refractivity (Wildman–Crippen MR) is 65.1 cm³/mol. The van der Waals surface area contributed by atoms with Gasteiger partial charge in [-0.1, -0.05) is 0 Å². The first-order valence-electron chi connectivity index (χ1n) is 5.68. The largest absolute Gasteiger partial charge is 0.345 e. The summed E-state index contributed by atoms with van der Waals surface area (Å²) in [4.78, 5) is 42.9. The van der Waals surface area contributed by atoms with Gasteiger partial charge in [-0.2, -0.15) is 0 Å². The lowest BCUT2D eigenvalue weighted by Crippen LogP contribution is -2.53. The number of piperazine rings is 1. The smallest absolute Gasteiger partial charge is 0.254 e. The molecule has 2 heterocycles. The number of imidazole rings is 1. The average Bonchev–Trinajstić information content (AvgIpc) is 2.83. The third-order valence-electron chi connectivity index (χ3n) is 2.90. The molecule has 0 saturated carbocycles. The van der Waals surface area contributed by atoms with Gasteiger partial charge >= 0.3 is 0 Å². The van der Waals surface area contributed by atoms with E-state index in [9.17, 15) is 14.4 Å². The molecule has 7 heteroatoms. The van der Waals surface area contributed by atoms with E-state index in [4.69, 9.17) is 0 Å². The maximum Gasteiger partial charge on any atom is 0.254 e. The van der Waals surface area contributed by atoms with Crippen molar-refractivity contribution in [3.8, 4) is 0 Å². The number of fused-ring (bicyclic) bond motifs is 1. The summed E-state index contributed by atoms with van der Waals surface area (Å²) in [5.41, 5.74) is 1.90. The highest BCUT2D eigenvalue weighted by molar-refractivity contribution is 6.06. The average molecular weight is 258 g/mol. The normalized spacial score (nSPS) is 15.7. The van der Waals surface area contributed by atoms with Crippen molar-refractivity contribution in [3.63, 3.8) is 0 Å². The van der Waals surface area contributed by atoms with Gasteiger partial charge < -0.3 is 9.88 Å². The van der Waals surface area contributed by atoms with Gasteiger partial charge in [0.15, 0.2) is 0 Å². The minimum absolute atomic E-state index is 0.106. The van der Waals surface area contributed by atoms with Crippen LogP contribution in [0.4, 0.5) is 0 Å². The Morgan fingerprint density at radius 3 is 2.68 bits per heavy atom. The van der Waals surface area contributed by atoms with Crippen LogP contribution in [0.1, 0.15) is 10.4 Å². The molecule has 0 unspecified atom stereocenters. The highest BCUT2D eigenvalue weighted by atomic mass is 16.2. The Morgan fingerprint density at radius 2 is 1.95 bits per heavy atom. The highest BCUT2D eigenvalue weighted by Crippen LogP contribution is 2.14. The summed E-state index contributed by atoms with van der Waals surface area (Å²) in [6.07, 6.45) is 1.54. The van der Waals surface area contributed by atoms with Gasteiger partial charge in [-0.25, -0.2) is 4.98 Å². The lowest BCUT2D eigenvalue weighted by molar-refractivity contribution is -0.135. The monoisotopic (exact) mass is 258 g/mol. The Kier molecular flexibility index (Phi) is 2.52. The van der Waals surface area contributed by atoms with E-state index in [1.807, 2.05) is 0 Å². The second kappa shape index (κ2) is 4.20. The SMILES string of the molecule is O=C1CN(C(=O)c2ccc3nc[nH]c3c2)CC(=O)N1. The van der Waals surface area contributed by atoms with E-state index in [2.05, 4.69) is 15.3 Å². The van der Waals surface area contributed by atoms with Crippen molar-refractivity contribution in [1.82, 2.24) is 20.2 Å². The standard InChI is InChI=1S/C12H10N4O3/c17-10-4-16(5-11(18)15-10)12(19)7-1-2-8-9(3-7)14-6-13-8/h1-3,6H,4-5H2,(H,13,14)(H,15,17,18). The maximum atomic E-state index is 12.2. The first-order chi connectivity index (χ1) is 9.13. The van der Waals surface area contributed by atoms with Crippen molar-refractivity contribution >= 4 is 28.8 Å². The molecule has 19 heavy (non-hydrogen) atoms. The summed E-state index contributed by atoms with van der Waals surface area (Å²) in [5.74, 6) is -1.28. The van der Waals surface area contributed by atoms with Gasteiger partial charge in [0.05, 0.1) is 17.4 Å². The molecule has 2 aromatic rings. The van der Waals surface area contributed by atoms with E-state index >= 15 is 0 Å². The molecule has 3 rings (SSSR count). The van der Waals surface area contributed by atoms with Crippen LogP contribution in [-0.2, 0) is 9.59 Å². The van der Waals surface area contributed by atoms with E-state index in [0.29, 0.717) is 5.56 Å². The summed E-state index contributed by atoms with van der Waals surface area (Å²) >= 11 is 0. The van der Waals surface area contributed by atoms with Crippen molar-refractivity contribution in [2.75, 3.05) is 13.1 Å². The number of amides is 3. The van der Waals surface area contributed by atoms with Gasteiger partial charge in [0, 0.05) is 5.56 Å². The second-order valence-electron chi connectivity index (χ2n) is 4.27. The molecule has 2 N–H and O–H groups in total. The first-order valence-corrected chi connectivity index (χ1v) is 5.68. The topological polar surface area (TPSA) is 95.2 Å². The second-order valence-corrected chi connectivity index (χ2v) is 4.27. The Hall–Kier alpha value is -2.70.